The lowest BCUT2D eigenvalue weighted by atomic mass is 10.1. The van der Waals surface area contributed by atoms with Crippen LogP contribution in [-0.4, -0.2) is 37.3 Å². The van der Waals surface area contributed by atoms with Crippen LogP contribution >= 0.6 is 0 Å². The molecule has 6 nitrogen and oxygen atoms in total. The largest absolute Gasteiger partial charge is 0.493 e. The van der Waals surface area contributed by atoms with Gasteiger partial charge in [0.05, 0.1) is 14.2 Å². The molecule has 0 saturated carbocycles. The number of nitrogens with one attached hydrogen (secondary N) is 2. The molecule has 2 aromatic rings. The molecule has 25 heavy (non-hydrogen) atoms. The molecule has 0 bridgehead atoms. The Morgan fingerprint density at radius 1 is 1.00 bits per heavy atom. The summed E-state index contributed by atoms with van der Waals surface area (Å²) in [6, 6.07) is 7.84. The third kappa shape index (κ3) is 6.14. The Morgan fingerprint density at radius 3 is 2.52 bits per heavy atom. The summed E-state index contributed by atoms with van der Waals surface area (Å²) in [5, 5.41) is 6.60. The normalized spacial score (nSPS) is 10.6. The van der Waals surface area contributed by atoms with Crippen LogP contribution in [0.5, 0.6) is 11.5 Å². The highest BCUT2D eigenvalue weighted by Gasteiger charge is 2.05. The van der Waals surface area contributed by atoms with Crippen molar-refractivity contribution in [1.82, 2.24) is 9.97 Å². The lowest BCUT2D eigenvalue weighted by Gasteiger charge is -2.11. The first-order chi connectivity index (χ1) is 12.1. The quantitative estimate of drug-likeness (QED) is 0.686. The van der Waals surface area contributed by atoms with E-state index in [1.54, 1.807) is 20.4 Å². The van der Waals surface area contributed by atoms with Crippen LogP contribution in [0.4, 0.5) is 11.8 Å². The predicted octanol–water partition coefficient (Wildman–Crippen LogP) is 3.61. The van der Waals surface area contributed by atoms with Gasteiger partial charge in [-0.25, -0.2) is 4.98 Å². The maximum absolute atomic E-state index is 5.33. The van der Waals surface area contributed by atoms with Gasteiger partial charge in [-0.1, -0.05) is 19.9 Å². The zero-order chi connectivity index (χ0) is 18.1. The lowest BCUT2D eigenvalue weighted by molar-refractivity contribution is 0.354. The van der Waals surface area contributed by atoms with E-state index >= 15 is 0 Å². The summed E-state index contributed by atoms with van der Waals surface area (Å²) in [7, 11) is 3.28. The molecule has 0 amide bonds. The minimum absolute atomic E-state index is 0.634. The van der Waals surface area contributed by atoms with Gasteiger partial charge in [-0.2, -0.15) is 4.98 Å². The van der Waals surface area contributed by atoms with Crippen LogP contribution in [0.15, 0.2) is 30.5 Å². The second-order valence-electron chi connectivity index (χ2n) is 6.24. The van der Waals surface area contributed by atoms with Crippen LogP contribution < -0.4 is 20.1 Å². The second-order valence-corrected chi connectivity index (χ2v) is 6.24. The number of nitrogens with zero attached hydrogens (tertiary/aromatic N) is 2. The Labute approximate surface area is 150 Å². The summed E-state index contributed by atoms with van der Waals surface area (Å²) in [5.74, 6) is 3.64. The number of hydrogen-bond acceptors (Lipinski definition) is 6. The van der Waals surface area contributed by atoms with E-state index in [0.29, 0.717) is 11.9 Å². The van der Waals surface area contributed by atoms with Gasteiger partial charge in [0.2, 0.25) is 5.95 Å². The fourth-order valence-electron chi connectivity index (χ4n) is 2.39. The smallest absolute Gasteiger partial charge is 0.224 e. The van der Waals surface area contributed by atoms with Crippen molar-refractivity contribution in [3.05, 3.63) is 36.0 Å². The van der Waals surface area contributed by atoms with Crippen molar-refractivity contribution in [3.8, 4) is 11.5 Å². The Morgan fingerprint density at radius 2 is 1.80 bits per heavy atom. The van der Waals surface area contributed by atoms with E-state index in [0.717, 1.165) is 48.8 Å². The van der Waals surface area contributed by atoms with Crippen LogP contribution in [0.3, 0.4) is 0 Å². The highest BCUT2D eigenvalue weighted by Crippen LogP contribution is 2.27. The van der Waals surface area contributed by atoms with Crippen molar-refractivity contribution in [1.29, 1.82) is 0 Å². The zero-order valence-electron chi connectivity index (χ0n) is 15.5. The number of anilines is 2. The number of benzene rings is 1. The van der Waals surface area contributed by atoms with E-state index in [9.17, 15) is 0 Å². The van der Waals surface area contributed by atoms with Gasteiger partial charge in [0.1, 0.15) is 5.82 Å². The van der Waals surface area contributed by atoms with Crippen LogP contribution in [0, 0.1) is 5.92 Å². The van der Waals surface area contributed by atoms with Gasteiger partial charge < -0.3 is 20.1 Å². The van der Waals surface area contributed by atoms with Crippen molar-refractivity contribution in [2.45, 2.75) is 26.7 Å². The van der Waals surface area contributed by atoms with Gasteiger partial charge in [0.25, 0.3) is 0 Å². The van der Waals surface area contributed by atoms with Gasteiger partial charge in [-0.15, -0.1) is 0 Å². The maximum atomic E-state index is 5.33. The molecule has 0 aliphatic carbocycles. The number of methoxy groups -OCH3 is 2. The number of aromatic nitrogens is 2. The Bertz CT molecular complexity index is 662. The standard InChI is InChI=1S/C19H28N4O2/c1-14(2)7-10-20-18-9-12-22-19(23-18)21-11-8-15-5-6-16(24-3)17(13-15)25-4/h5-6,9,12-14H,7-8,10-11H2,1-4H3,(H2,20,21,22,23). The van der Waals surface area contributed by atoms with E-state index in [2.05, 4.69) is 34.4 Å². The highest BCUT2D eigenvalue weighted by atomic mass is 16.5. The first-order valence-corrected chi connectivity index (χ1v) is 8.64. The molecule has 0 aliphatic rings. The topological polar surface area (TPSA) is 68.3 Å². The van der Waals surface area contributed by atoms with Crippen molar-refractivity contribution in [3.63, 3.8) is 0 Å². The molecule has 136 valence electrons. The van der Waals surface area contributed by atoms with Crippen molar-refractivity contribution in [2.75, 3.05) is 37.9 Å². The Hall–Kier alpha value is -2.50. The first-order valence-electron chi connectivity index (χ1n) is 8.64. The van der Waals surface area contributed by atoms with E-state index in [4.69, 9.17) is 9.47 Å². The molecule has 1 aromatic heterocycles. The van der Waals surface area contributed by atoms with Crippen LogP contribution in [0.25, 0.3) is 0 Å². The molecule has 0 unspecified atom stereocenters. The first kappa shape index (κ1) is 18.8. The van der Waals surface area contributed by atoms with Gasteiger partial charge in [-0.3, -0.25) is 0 Å². The molecule has 0 aliphatic heterocycles. The molecule has 1 aromatic carbocycles. The Balaban J connectivity index is 1.85. The third-order valence-corrected chi connectivity index (χ3v) is 3.83. The lowest BCUT2D eigenvalue weighted by Crippen LogP contribution is -2.11. The van der Waals surface area contributed by atoms with E-state index in [-0.39, 0.29) is 0 Å². The van der Waals surface area contributed by atoms with Gasteiger partial charge in [-0.05, 0) is 42.5 Å². The minimum atomic E-state index is 0.634. The van der Waals surface area contributed by atoms with Crippen LogP contribution in [0.2, 0.25) is 0 Å². The molecule has 0 radical (unpaired) electrons. The van der Waals surface area contributed by atoms with E-state index in [1.807, 2.05) is 24.3 Å². The summed E-state index contributed by atoms with van der Waals surface area (Å²) in [6.07, 6.45) is 3.73. The predicted molar refractivity (Wildman–Crippen MR) is 102 cm³/mol. The average molecular weight is 344 g/mol. The third-order valence-electron chi connectivity index (χ3n) is 3.83. The molecule has 0 fully saturated rings. The Kier molecular flexibility index (Phi) is 7.32. The molecule has 0 saturated heterocycles. The van der Waals surface area contributed by atoms with Crippen LogP contribution in [-0.2, 0) is 6.42 Å². The number of hydrogen-bond donors (Lipinski definition) is 2. The molecule has 0 atom stereocenters. The molecular weight excluding hydrogens is 316 g/mol. The average Bonchev–Trinajstić information content (AvgIpc) is 2.61. The van der Waals surface area contributed by atoms with Crippen molar-refractivity contribution < 1.29 is 9.47 Å². The molecule has 2 N–H and O–H groups in total. The summed E-state index contributed by atoms with van der Waals surface area (Å²) in [5.41, 5.74) is 1.16. The van der Waals surface area contributed by atoms with Crippen LogP contribution in [0.1, 0.15) is 25.8 Å². The van der Waals surface area contributed by atoms with E-state index in [1.165, 1.54) is 0 Å². The SMILES string of the molecule is COc1ccc(CCNc2nccc(NCCC(C)C)n2)cc1OC. The van der Waals surface area contributed by atoms with Gasteiger partial charge in [0, 0.05) is 19.3 Å². The minimum Gasteiger partial charge on any atom is -0.493 e. The summed E-state index contributed by atoms with van der Waals surface area (Å²) >= 11 is 0. The van der Waals surface area contributed by atoms with Gasteiger partial charge >= 0.3 is 0 Å². The fraction of sp³-hybridized carbons (Fsp3) is 0.474. The summed E-state index contributed by atoms with van der Waals surface area (Å²) in [6.45, 7) is 6.08. The summed E-state index contributed by atoms with van der Waals surface area (Å²) in [4.78, 5) is 8.75. The number of ether oxygens (including phenoxy) is 2. The number of rotatable bonds is 10. The molecule has 0 spiro atoms. The zero-order valence-corrected chi connectivity index (χ0v) is 15.5. The summed E-state index contributed by atoms with van der Waals surface area (Å²) < 4.78 is 10.6. The monoisotopic (exact) mass is 344 g/mol. The molecule has 6 heteroatoms. The van der Waals surface area contributed by atoms with Crippen molar-refractivity contribution >= 4 is 11.8 Å². The molecular formula is C19H28N4O2. The molecule has 2 rings (SSSR count). The maximum Gasteiger partial charge on any atom is 0.224 e. The fourth-order valence-corrected chi connectivity index (χ4v) is 2.39. The highest BCUT2D eigenvalue weighted by molar-refractivity contribution is 5.43. The van der Waals surface area contributed by atoms with Crippen molar-refractivity contribution in [2.24, 2.45) is 5.92 Å². The second kappa shape index (κ2) is 9.71. The molecule has 1 heterocycles. The van der Waals surface area contributed by atoms with E-state index < -0.39 is 0 Å². The van der Waals surface area contributed by atoms with Gasteiger partial charge in [0.15, 0.2) is 11.5 Å².